The number of rotatable bonds is 6. The van der Waals surface area contributed by atoms with Gasteiger partial charge in [-0.25, -0.2) is 4.98 Å². The summed E-state index contributed by atoms with van der Waals surface area (Å²) in [5.41, 5.74) is 13.5. The Morgan fingerprint density at radius 2 is 1.08 bits per heavy atom. The first-order valence-corrected chi connectivity index (χ1v) is 17.0. The van der Waals surface area contributed by atoms with Gasteiger partial charge in [0.25, 0.3) is 0 Å². The van der Waals surface area contributed by atoms with Gasteiger partial charge in [0.1, 0.15) is 28.0 Å². The van der Waals surface area contributed by atoms with E-state index in [4.69, 9.17) is 18.8 Å². The van der Waals surface area contributed by atoms with Crippen molar-refractivity contribution < 1.29 is 8.83 Å². The zero-order chi connectivity index (χ0) is 33.7. The molecule has 0 spiro atoms. The molecule has 0 aliphatic carbocycles. The van der Waals surface area contributed by atoms with Crippen LogP contribution in [-0.4, -0.2) is 9.97 Å². The summed E-state index contributed by atoms with van der Waals surface area (Å²) in [4.78, 5) is 12.3. The fourth-order valence-electron chi connectivity index (χ4n) is 7.16. The second-order valence-electron chi connectivity index (χ2n) is 12.6. The first kappa shape index (κ1) is 29.0. The average Bonchev–Trinajstić information content (AvgIpc) is 3.77. The highest BCUT2D eigenvalue weighted by atomic mass is 16.3. The maximum absolute atomic E-state index is 6.32. The second-order valence-corrected chi connectivity index (χ2v) is 12.6. The van der Waals surface area contributed by atoms with Gasteiger partial charge in [-0.15, -0.1) is 0 Å². The molecule has 0 saturated carbocycles. The monoisotopic (exact) mass is 655 g/mol. The van der Waals surface area contributed by atoms with Crippen molar-refractivity contribution >= 4 is 61.3 Å². The van der Waals surface area contributed by atoms with E-state index >= 15 is 0 Å². The van der Waals surface area contributed by atoms with Crippen LogP contribution in [0.3, 0.4) is 0 Å². The van der Waals surface area contributed by atoms with Crippen LogP contribution in [0.4, 0.5) is 17.2 Å². The Bertz CT molecular complexity index is 2860. The van der Waals surface area contributed by atoms with Crippen LogP contribution in [0.5, 0.6) is 0 Å². The molecule has 5 heteroatoms. The van der Waals surface area contributed by atoms with E-state index in [9.17, 15) is 0 Å². The van der Waals surface area contributed by atoms with Gasteiger partial charge in [0.2, 0.25) is 0 Å². The van der Waals surface area contributed by atoms with Gasteiger partial charge in [-0.05, 0) is 94.0 Å². The smallest absolute Gasteiger partial charge is 0.154 e. The van der Waals surface area contributed by atoms with Crippen molar-refractivity contribution in [2.24, 2.45) is 0 Å². The number of furan rings is 2. The minimum Gasteiger partial charge on any atom is -0.454 e. The zero-order valence-electron chi connectivity index (χ0n) is 27.4. The SMILES string of the molecule is c1ccc(-c2ccc(-c3ccc(N(c4ccc5oc6ccccc6c5n4)c4cccc5oc6cccnc6c45)cc3-c3ccccc3)cc2)cc1. The Kier molecular flexibility index (Phi) is 6.74. The van der Waals surface area contributed by atoms with Crippen LogP contribution >= 0.6 is 0 Å². The molecule has 0 aliphatic rings. The highest BCUT2D eigenvalue weighted by molar-refractivity contribution is 6.12. The molecule has 5 nitrogen and oxygen atoms in total. The number of hydrogen-bond acceptors (Lipinski definition) is 5. The summed E-state index contributed by atoms with van der Waals surface area (Å²) in [7, 11) is 0. The molecule has 0 unspecified atom stereocenters. The third-order valence-corrected chi connectivity index (χ3v) is 9.56. The molecule has 6 aromatic carbocycles. The van der Waals surface area contributed by atoms with Crippen molar-refractivity contribution in [1.82, 2.24) is 9.97 Å². The van der Waals surface area contributed by atoms with E-state index in [0.29, 0.717) is 0 Å². The van der Waals surface area contributed by atoms with Crippen molar-refractivity contribution in [2.75, 3.05) is 4.90 Å². The van der Waals surface area contributed by atoms with Gasteiger partial charge in [0, 0.05) is 17.3 Å². The van der Waals surface area contributed by atoms with Gasteiger partial charge in [-0.3, -0.25) is 9.88 Å². The number of aromatic nitrogens is 2. The Balaban J connectivity index is 1.21. The molecule has 10 aromatic rings. The fraction of sp³-hybridized carbons (Fsp3) is 0. The molecule has 0 fully saturated rings. The molecular formula is C46H29N3O2. The fourth-order valence-corrected chi connectivity index (χ4v) is 7.16. The molecule has 4 heterocycles. The molecule has 0 amide bonds. The van der Waals surface area contributed by atoms with Crippen LogP contribution in [0.15, 0.2) is 185 Å². The standard InChI is InChI=1S/C46H29N3O2/c1-3-11-30(12-4-1)31-20-22-33(23-21-31)35-25-24-34(29-37(35)32-13-5-2-6-14-32)49(38-16-9-18-40-44(38)46-41(51-40)19-10-28-47-46)43-27-26-42-45(48-43)36-15-7-8-17-39(36)50-42/h1-29H. The minimum atomic E-state index is 0.739. The summed E-state index contributed by atoms with van der Waals surface area (Å²) in [6.07, 6.45) is 1.81. The zero-order valence-corrected chi connectivity index (χ0v) is 27.4. The number of hydrogen-bond donors (Lipinski definition) is 0. The molecule has 240 valence electrons. The van der Waals surface area contributed by atoms with Crippen LogP contribution in [0.2, 0.25) is 0 Å². The van der Waals surface area contributed by atoms with Gasteiger partial charge < -0.3 is 8.83 Å². The van der Waals surface area contributed by atoms with Gasteiger partial charge >= 0.3 is 0 Å². The molecule has 51 heavy (non-hydrogen) atoms. The molecule has 0 atom stereocenters. The van der Waals surface area contributed by atoms with E-state index in [1.165, 1.54) is 11.1 Å². The van der Waals surface area contributed by atoms with Crippen LogP contribution in [-0.2, 0) is 0 Å². The summed E-state index contributed by atoms with van der Waals surface area (Å²) in [6, 6.07) is 58.6. The number of pyridine rings is 2. The molecule has 0 radical (unpaired) electrons. The lowest BCUT2D eigenvalue weighted by Crippen LogP contribution is -2.12. The number of para-hydroxylation sites is 1. The summed E-state index contributed by atoms with van der Waals surface area (Å²) >= 11 is 0. The van der Waals surface area contributed by atoms with Gasteiger partial charge in [-0.1, -0.05) is 109 Å². The first-order valence-electron chi connectivity index (χ1n) is 17.0. The Morgan fingerprint density at radius 1 is 0.431 bits per heavy atom. The number of nitrogens with zero attached hydrogens (tertiary/aromatic N) is 3. The third kappa shape index (κ3) is 4.94. The summed E-state index contributed by atoms with van der Waals surface area (Å²) in [6.45, 7) is 0. The molecule has 0 N–H and O–H groups in total. The summed E-state index contributed by atoms with van der Waals surface area (Å²) in [5, 5.41) is 1.90. The Morgan fingerprint density at radius 3 is 1.92 bits per heavy atom. The van der Waals surface area contributed by atoms with E-state index in [0.717, 1.165) is 83.6 Å². The molecule has 0 bridgehead atoms. The largest absolute Gasteiger partial charge is 0.454 e. The summed E-state index contributed by atoms with van der Waals surface area (Å²) < 4.78 is 12.5. The predicted octanol–water partition coefficient (Wildman–Crippen LogP) is 12.7. The van der Waals surface area contributed by atoms with Gasteiger partial charge in [-0.2, -0.15) is 0 Å². The Hall–Kier alpha value is -6.98. The van der Waals surface area contributed by atoms with Gasteiger partial charge in [0.15, 0.2) is 11.2 Å². The van der Waals surface area contributed by atoms with Crippen molar-refractivity contribution in [3.05, 3.63) is 176 Å². The lowest BCUT2D eigenvalue weighted by molar-refractivity contribution is 0.667. The van der Waals surface area contributed by atoms with Crippen LogP contribution in [0.1, 0.15) is 0 Å². The van der Waals surface area contributed by atoms with Crippen molar-refractivity contribution in [3.8, 4) is 33.4 Å². The molecule has 4 aromatic heterocycles. The van der Waals surface area contributed by atoms with Crippen LogP contribution in [0.25, 0.3) is 77.5 Å². The van der Waals surface area contributed by atoms with E-state index in [2.05, 4.69) is 114 Å². The average molecular weight is 656 g/mol. The van der Waals surface area contributed by atoms with Crippen molar-refractivity contribution in [1.29, 1.82) is 0 Å². The molecule has 10 rings (SSSR count). The van der Waals surface area contributed by atoms with Crippen molar-refractivity contribution in [2.45, 2.75) is 0 Å². The Labute approximate surface area is 293 Å². The normalized spacial score (nSPS) is 11.5. The first-order chi connectivity index (χ1) is 25.3. The van der Waals surface area contributed by atoms with E-state index in [1.807, 2.05) is 66.9 Å². The topological polar surface area (TPSA) is 55.3 Å². The second kappa shape index (κ2) is 11.9. The highest BCUT2D eigenvalue weighted by Gasteiger charge is 2.23. The van der Waals surface area contributed by atoms with E-state index in [1.54, 1.807) is 0 Å². The predicted molar refractivity (Wildman–Crippen MR) is 208 cm³/mol. The van der Waals surface area contributed by atoms with E-state index in [-0.39, 0.29) is 0 Å². The third-order valence-electron chi connectivity index (χ3n) is 9.56. The van der Waals surface area contributed by atoms with E-state index < -0.39 is 0 Å². The van der Waals surface area contributed by atoms with Crippen molar-refractivity contribution in [3.63, 3.8) is 0 Å². The van der Waals surface area contributed by atoms with Crippen LogP contribution in [0, 0.1) is 0 Å². The minimum absolute atomic E-state index is 0.739. The molecule has 0 aliphatic heterocycles. The maximum atomic E-state index is 6.32. The lowest BCUT2D eigenvalue weighted by Gasteiger charge is -2.26. The quantitative estimate of drug-likeness (QED) is 0.178. The highest BCUT2D eigenvalue weighted by Crippen LogP contribution is 2.45. The lowest BCUT2D eigenvalue weighted by atomic mass is 9.92. The van der Waals surface area contributed by atoms with Gasteiger partial charge in [0.05, 0.1) is 11.1 Å². The summed E-state index contributed by atoms with van der Waals surface area (Å²) in [5.74, 6) is 0.755. The maximum Gasteiger partial charge on any atom is 0.154 e. The number of benzene rings is 6. The number of fused-ring (bicyclic) bond motifs is 6. The van der Waals surface area contributed by atoms with Crippen LogP contribution < -0.4 is 4.90 Å². The number of anilines is 3. The molecule has 0 saturated heterocycles. The molecular weight excluding hydrogens is 627 g/mol.